The van der Waals surface area contributed by atoms with E-state index in [2.05, 4.69) is 146 Å². The summed E-state index contributed by atoms with van der Waals surface area (Å²) < 4.78 is 12.8. The Balaban J connectivity index is 1.24. The maximum atomic E-state index is 6.55. The van der Waals surface area contributed by atoms with Crippen LogP contribution in [0.1, 0.15) is 16.7 Å². The summed E-state index contributed by atoms with van der Waals surface area (Å²) in [6, 6.07) is 48.3. The number of hydrogen-bond donors (Lipinski definition) is 0. The highest BCUT2D eigenvalue weighted by molar-refractivity contribution is 6.98. The number of fused-ring (bicyclic) bond motifs is 10. The molecule has 0 saturated heterocycles. The molecule has 236 valence electrons. The molecule has 0 N–H and O–H groups in total. The summed E-state index contributed by atoms with van der Waals surface area (Å²) in [6.07, 6.45) is 0. The standard InChI is InChI=1S/C45H31BN2O2/c1-26-21-27(2)44(28(3)22-26)46-34-13-10-16-38-45(34)48(39-24-33-31-12-5-9-18-41(31)50-43(33)25-35(39)46)37-15-7-6-14-36(37)47(38)29-19-20-42-32(23-29)30-11-4-8-17-40(30)49-42/h4-25H,1-3H3. The fourth-order valence-corrected chi connectivity index (χ4v) is 9.01. The number of para-hydroxylation sites is 5. The number of benzene rings is 7. The zero-order chi connectivity index (χ0) is 33.2. The summed E-state index contributed by atoms with van der Waals surface area (Å²) in [5.41, 5.74) is 18.4. The first-order chi connectivity index (χ1) is 24.5. The van der Waals surface area contributed by atoms with E-state index >= 15 is 0 Å². The third kappa shape index (κ3) is 3.67. The van der Waals surface area contributed by atoms with Crippen LogP contribution in [-0.2, 0) is 0 Å². The molecule has 0 radical (unpaired) electrons. The van der Waals surface area contributed by atoms with Crippen LogP contribution in [0.25, 0.3) is 43.9 Å². The van der Waals surface area contributed by atoms with Gasteiger partial charge in [-0.15, -0.1) is 0 Å². The highest BCUT2D eigenvalue weighted by Gasteiger charge is 2.42. The van der Waals surface area contributed by atoms with E-state index in [1.54, 1.807) is 0 Å². The molecule has 0 fully saturated rings. The zero-order valence-corrected chi connectivity index (χ0v) is 28.0. The Bertz CT molecular complexity index is 2880. The Labute approximate surface area is 289 Å². The van der Waals surface area contributed by atoms with Gasteiger partial charge in [-0.05, 0) is 92.4 Å². The van der Waals surface area contributed by atoms with Crippen LogP contribution in [0.15, 0.2) is 142 Å². The van der Waals surface area contributed by atoms with Crippen molar-refractivity contribution >= 4 is 101 Å². The van der Waals surface area contributed by atoms with Crippen LogP contribution in [0, 0.1) is 20.8 Å². The molecule has 2 aliphatic rings. The van der Waals surface area contributed by atoms with Crippen molar-refractivity contribution in [1.82, 2.24) is 0 Å². The third-order valence-electron chi connectivity index (χ3n) is 10.9. The van der Waals surface area contributed by atoms with Crippen molar-refractivity contribution < 1.29 is 8.83 Å². The molecule has 0 spiro atoms. The van der Waals surface area contributed by atoms with Crippen LogP contribution in [-0.4, -0.2) is 6.71 Å². The van der Waals surface area contributed by atoms with Crippen molar-refractivity contribution in [3.8, 4) is 0 Å². The Hall–Kier alpha value is -6.20. The molecular weight excluding hydrogens is 611 g/mol. The van der Waals surface area contributed by atoms with Crippen molar-refractivity contribution in [2.45, 2.75) is 20.8 Å². The van der Waals surface area contributed by atoms with E-state index in [1.807, 2.05) is 18.2 Å². The second-order valence-electron chi connectivity index (χ2n) is 13.9. The summed E-state index contributed by atoms with van der Waals surface area (Å²) in [5, 5.41) is 4.51. The highest BCUT2D eigenvalue weighted by Crippen LogP contribution is 2.55. The molecule has 11 rings (SSSR count). The van der Waals surface area contributed by atoms with Gasteiger partial charge in [-0.25, -0.2) is 0 Å². The molecule has 0 saturated carbocycles. The molecule has 0 atom stereocenters. The first-order valence-electron chi connectivity index (χ1n) is 17.3. The molecule has 50 heavy (non-hydrogen) atoms. The SMILES string of the molecule is Cc1cc(C)c(B2c3cc4oc5ccccc5c4cc3N3c4ccccc4N(c4ccc5oc6ccccc6c5c4)c4cccc2c43)c(C)c1. The number of anilines is 6. The first kappa shape index (κ1) is 27.7. The van der Waals surface area contributed by atoms with E-state index in [9.17, 15) is 0 Å². The van der Waals surface area contributed by atoms with Gasteiger partial charge in [0.05, 0.1) is 22.7 Å². The molecule has 9 aromatic rings. The quantitative estimate of drug-likeness (QED) is 0.176. The van der Waals surface area contributed by atoms with Gasteiger partial charge in [-0.3, -0.25) is 0 Å². The molecular formula is C45H31BN2O2. The molecule has 5 heteroatoms. The molecule has 7 aromatic carbocycles. The summed E-state index contributed by atoms with van der Waals surface area (Å²) in [4.78, 5) is 4.95. The van der Waals surface area contributed by atoms with Gasteiger partial charge >= 0.3 is 0 Å². The van der Waals surface area contributed by atoms with E-state index in [-0.39, 0.29) is 6.71 Å². The Kier molecular flexibility index (Phi) is 5.50. The molecule has 0 aliphatic carbocycles. The van der Waals surface area contributed by atoms with Crippen molar-refractivity contribution in [3.63, 3.8) is 0 Å². The number of furan rings is 2. The maximum absolute atomic E-state index is 6.55. The van der Waals surface area contributed by atoms with Crippen molar-refractivity contribution in [2.24, 2.45) is 0 Å². The summed E-state index contributed by atoms with van der Waals surface area (Å²) in [6.45, 7) is 6.74. The normalized spacial score (nSPS) is 13.4. The predicted octanol–water partition coefficient (Wildman–Crippen LogP) is 10.5. The Morgan fingerprint density at radius 3 is 1.78 bits per heavy atom. The number of hydrogen-bond acceptors (Lipinski definition) is 4. The monoisotopic (exact) mass is 642 g/mol. The second kappa shape index (κ2) is 9.93. The lowest BCUT2D eigenvalue weighted by molar-refractivity contribution is 0.668. The lowest BCUT2D eigenvalue weighted by Gasteiger charge is -2.45. The van der Waals surface area contributed by atoms with E-state index in [0.29, 0.717) is 0 Å². The summed E-state index contributed by atoms with van der Waals surface area (Å²) in [5.74, 6) is 0. The number of aryl methyl sites for hydroxylation is 3. The van der Waals surface area contributed by atoms with E-state index in [0.717, 1.165) is 66.6 Å². The van der Waals surface area contributed by atoms with Gasteiger partial charge in [-0.1, -0.05) is 94.9 Å². The van der Waals surface area contributed by atoms with Crippen molar-refractivity contribution in [2.75, 3.05) is 9.80 Å². The van der Waals surface area contributed by atoms with Crippen molar-refractivity contribution in [1.29, 1.82) is 0 Å². The molecule has 2 aliphatic heterocycles. The van der Waals surface area contributed by atoms with Gasteiger partial charge in [-0.2, -0.15) is 0 Å². The van der Waals surface area contributed by atoms with Crippen LogP contribution in [0.3, 0.4) is 0 Å². The van der Waals surface area contributed by atoms with Crippen LogP contribution in [0.2, 0.25) is 0 Å². The summed E-state index contributed by atoms with van der Waals surface area (Å²) >= 11 is 0. The largest absolute Gasteiger partial charge is 0.456 e. The van der Waals surface area contributed by atoms with E-state index < -0.39 is 0 Å². The molecule has 4 nitrogen and oxygen atoms in total. The van der Waals surface area contributed by atoms with Gasteiger partial charge < -0.3 is 18.6 Å². The smallest absolute Gasteiger partial charge is 0.247 e. The lowest BCUT2D eigenvalue weighted by atomic mass is 9.33. The molecule has 0 bridgehead atoms. The van der Waals surface area contributed by atoms with Crippen molar-refractivity contribution in [3.05, 3.63) is 150 Å². The zero-order valence-electron chi connectivity index (χ0n) is 28.0. The second-order valence-corrected chi connectivity index (χ2v) is 13.9. The van der Waals surface area contributed by atoms with Gasteiger partial charge in [0.1, 0.15) is 22.3 Å². The Morgan fingerprint density at radius 1 is 0.440 bits per heavy atom. The fourth-order valence-electron chi connectivity index (χ4n) is 9.01. The van der Waals surface area contributed by atoms with Gasteiger partial charge in [0.25, 0.3) is 0 Å². The average Bonchev–Trinajstić information content (AvgIpc) is 3.68. The Morgan fingerprint density at radius 2 is 1.04 bits per heavy atom. The van der Waals surface area contributed by atoms with E-state index in [1.165, 1.54) is 44.5 Å². The van der Waals surface area contributed by atoms with Crippen LogP contribution in [0.5, 0.6) is 0 Å². The molecule has 2 aromatic heterocycles. The highest BCUT2D eigenvalue weighted by atomic mass is 16.3. The minimum absolute atomic E-state index is 0.0156. The lowest BCUT2D eigenvalue weighted by Crippen LogP contribution is -2.59. The third-order valence-corrected chi connectivity index (χ3v) is 10.9. The molecule has 0 amide bonds. The van der Waals surface area contributed by atoms with Crippen LogP contribution >= 0.6 is 0 Å². The van der Waals surface area contributed by atoms with Gasteiger partial charge in [0, 0.05) is 32.9 Å². The van der Waals surface area contributed by atoms with E-state index in [4.69, 9.17) is 8.83 Å². The first-order valence-corrected chi connectivity index (χ1v) is 17.3. The van der Waals surface area contributed by atoms with Crippen LogP contribution < -0.4 is 26.2 Å². The maximum Gasteiger partial charge on any atom is 0.247 e. The summed E-state index contributed by atoms with van der Waals surface area (Å²) in [7, 11) is 0. The van der Waals surface area contributed by atoms with Gasteiger partial charge in [0.2, 0.25) is 6.71 Å². The molecule has 0 unspecified atom stereocenters. The average molecular weight is 643 g/mol. The predicted molar refractivity (Wildman–Crippen MR) is 209 cm³/mol. The van der Waals surface area contributed by atoms with Gasteiger partial charge in [0.15, 0.2) is 0 Å². The number of nitrogens with zero attached hydrogens (tertiary/aromatic N) is 2. The fraction of sp³-hybridized carbons (Fsp3) is 0.0667. The van der Waals surface area contributed by atoms with Crippen LogP contribution in [0.4, 0.5) is 34.1 Å². The minimum atomic E-state index is 0.0156. The molecule has 4 heterocycles. The minimum Gasteiger partial charge on any atom is -0.456 e. The number of rotatable bonds is 2. The topological polar surface area (TPSA) is 32.8 Å².